The van der Waals surface area contributed by atoms with Crippen LogP contribution in [0.3, 0.4) is 0 Å². The minimum absolute atomic E-state index is 0.0378. The van der Waals surface area contributed by atoms with Crippen molar-refractivity contribution in [1.82, 2.24) is 10.6 Å². The van der Waals surface area contributed by atoms with Gasteiger partial charge in [0.15, 0.2) is 0 Å². The molecule has 1 aromatic rings. The number of hydrogen-bond donors (Lipinski definition) is 3. The molecule has 0 radical (unpaired) electrons. The molecule has 2 unspecified atom stereocenters. The van der Waals surface area contributed by atoms with Gasteiger partial charge in [-0.05, 0) is 50.6 Å². The zero-order chi connectivity index (χ0) is 15.3. The molecule has 1 aliphatic heterocycles. The van der Waals surface area contributed by atoms with E-state index in [0.29, 0.717) is 5.75 Å². The molecule has 1 heterocycles. The van der Waals surface area contributed by atoms with Crippen LogP contribution >= 0.6 is 0 Å². The van der Waals surface area contributed by atoms with Crippen LogP contribution in [-0.2, 0) is 4.79 Å². The van der Waals surface area contributed by atoms with Crippen molar-refractivity contribution in [1.29, 1.82) is 0 Å². The highest BCUT2D eigenvalue weighted by Gasteiger charge is 2.35. The summed E-state index contributed by atoms with van der Waals surface area (Å²) in [7, 11) is 0. The fraction of sp³-hybridized carbons (Fsp3) is 0.533. The molecule has 5 nitrogen and oxygen atoms in total. The Morgan fingerprint density at radius 1 is 1.52 bits per heavy atom. The minimum atomic E-state index is -0.816. The van der Waals surface area contributed by atoms with Crippen molar-refractivity contribution in [3.63, 3.8) is 0 Å². The zero-order valence-electron chi connectivity index (χ0n) is 12.1. The summed E-state index contributed by atoms with van der Waals surface area (Å²) in [4.78, 5) is 12.0. The van der Waals surface area contributed by atoms with Gasteiger partial charge < -0.3 is 20.5 Å². The van der Waals surface area contributed by atoms with Crippen LogP contribution in [0.15, 0.2) is 24.3 Å². The van der Waals surface area contributed by atoms with Crippen LogP contribution in [0.4, 0.5) is 4.39 Å². The minimum Gasteiger partial charge on any atom is -0.491 e. The fourth-order valence-electron chi connectivity index (χ4n) is 2.28. The Hall–Kier alpha value is -1.66. The molecule has 0 aliphatic carbocycles. The number of carbonyl (C=O) groups excluding carboxylic acids is 1. The first-order valence-corrected chi connectivity index (χ1v) is 7.09. The number of nitrogens with one attached hydrogen (secondary N) is 2. The standard InChI is InChI=1S/C15H21FN2O3/c1-15(7-2-8-18-15)14(20)17-9-12(19)10-21-13-5-3-11(16)4-6-13/h3-6,12,18-19H,2,7-10H2,1H3,(H,17,20). The molecule has 21 heavy (non-hydrogen) atoms. The summed E-state index contributed by atoms with van der Waals surface area (Å²) >= 11 is 0. The SMILES string of the molecule is CC1(C(=O)NCC(O)COc2ccc(F)cc2)CCCN1. The lowest BCUT2D eigenvalue weighted by Crippen LogP contribution is -2.52. The van der Waals surface area contributed by atoms with Crippen molar-refractivity contribution in [2.45, 2.75) is 31.4 Å². The second-order valence-corrected chi connectivity index (χ2v) is 5.49. The fourth-order valence-corrected chi connectivity index (χ4v) is 2.28. The summed E-state index contributed by atoms with van der Waals surface area (Å²) in [5, 5.41) is 15.7. The Balaban J connectivity index is 1.71. The molecule has 1 amide bonds. The molecule has 1 aliphatic rings. The maximum Gasteiger partial charge on any atom is 0.240 e. The van der Waals surface area contributed by atoms with E-state index in [1.165, 1.54) is 24.3 Å². The molecule has 3 N–H and O–H groups in total. The van der Waals surface area contributed by atoms with Gasteiger partial charge in [-0.15, -0.1) is 0 Å². The van der Waals surface area contributed by atoms with Crippen LogP contribution in [0.1, 0.15) is 19.8 Å². The van der Waals surface area contributed by atoms with E-state index in [0.717, 1.165) is 19.4 Å². The Labute approximate surface area is 123 Å². The lowest BCUT2D eigenvalue weighted by atomic mass is 9.99. The van der Waals surface area contributed by atoms with Crippen LogP contribution in [0.5, 0.6) is 5.75 Å². The first-order valence-electron chi connectivity index (χ1n) is 7.09. The van der Waals surface area contributed by atoms with E-state index in [-0.39, 0.29) is 24.9 Å². The number of carbonyl (C=O) groups is 1. The number of amides is 1. The van der Waals surface area contributed by atoms with Gasteiger partial charge in [0, 0.05) is 6.54 Å². The van der Waals surface area contributed by atoms with Crippen molar-refractivity contribution >= 4 is 5.91 Å². The van der Waals surface area contributed by atoms with Crippen LogP contribution in [-0.4, -0.2) is 42.4 Å². The Bertz CT molecular complexity index is 472. The smallest absolute Gasteiger partial charge is 0.240 e. The highest BCUT2D eigenvalue weighted by Crippen LogP contribution is 2.18. The number of rotatable bonds is 6. The maximum atomic E-state index is 12.7. The van der Waals surface area contributed by atoms with Gasteiger partial charge in [-0.1, -0.05) is 0 Å². The van der Waals surface area contributed by atoms with Gasteiger partial charge in [-0.2, -0.15) is 0 Å². The largest absolute Gasteiger partial charge is 0.491 e. The molecule has 6 heteroatoms. The summed E-state index contributed by atoms with van der Waals surface area (Å²) in [6.07, 6.45) is 0.949. The summed E-state index contributed by atoms with van der Waals surface area (Å²) in [6, 6.07) is 5.56. The lowest BCUT2D eigenvalue weighted by molar-refractivity contribution is -0.127. The molecule has 0 spiro atoms. The quantitative estimate of drug-likeness (QED) is 0.727. The number of benzene rings is 1. The third-order valence-electron chi connectivity index (χ3n) is 3.62. The van der Waals surface area contributed by atoms with E-state index in [1.807, 2.05) is 6.92 Å². The molecule has 1 aromatic carbocycles. The first kappa shape index (κ1) is 15.7. The number of ether oxygens (including phenoxy) is 1. The van der Waals surface area contributed by atoms with Gasteiger partial charge in [-0.25, -0.2) is 4.39 Å². The number of aliphatic hydroxyl groups excluding tert-OH is 1. The van der Waals surface area contributed by atoms with Gasteiger partial charge in [-0.3, -0.25) is 4.79 Å². The third-order valence-corrected chi connectivity index (χ3v) is 3.62. The maximum absolute atomic E-state index is 12.7. The van der Waals surface area contributed by atoms with E-state index in [9.17, 15) is 14.3 Å². The highest BCUT2D eigenvalue weighted by atomic mass is 19.1. The first-order chi connectivity index (χ1) is 9.99. The molecule has 116 valence electrons. The van der Waals surface area contributed by atoms with Crippen LogP contribution < -0.4 is 15.4 Å². The second-order valence-electron chi connectivity index (χ2n) is 5.49. The van der Waals surface area contributed by atoms with Crippen molar-refractivity contribution in [3.8, 4) is 5.75 Å². The van der Waals surface area contributed by atoms with Gasteiger partial charge >= 0.3 is 0 Å². The summed E-state index contributed by atoms with van der Waals surface area (Å²) in [6.45, 7) is 2.85. The molecule has 0 bridgehead atoms. The van der Waals surface area contributed by atoms with E-state index < -0.39 is 11.6 Å². The molecule has 0 aromatic heterocycles. The molecule has 2 rings (SSSR count). The van der Waals surface area contributed by atoms with Gasteiger partial charge in [0.05, 0.1) is 5.54 Å². The second kappa shape index (κ2) is 6.87. The van der Waals surface area contributed by atoms with Crippen LogP contribution in [0.25, 0.3) is 0 Å². The van der Waals surface area contributed by atoms with Crippen molar-refractivity contribution in [2.24, 2.45) is 0 Å². The Kier molecular flexibility index (Phi) is 5.14. The van der Waals surface area contributed by atoms with Gasteiger partial charge in [0.25, 0.3) is 0 Å². The third kappa shape index (κ3) is 4.41. The van der Waals surface area contributed by atoms with E-state index in [4.69, 9.17) is 4.74 Å². The lowest BCUT2D eigenvalue weighted by Gasteiger charge is -2.24. The van der Waals surface area contributed by atoms with Gasteiger partial charge in [0.1, 0.15) is 24.3 Å². The number of aliphatic hydroxyl groups is 1. The predicted molar refractivity (Wildman–Crippen MR) is 76.6 cm³/mol. The molecule has 2 atom stereocenters. The zero-order valence-corrected chi connectivity index (χ0v) is 12.1. The van der Waals surface area contributed by atoms with Gasteiger partial charge in [0.2, 0.25) is 5.91 Å². The monoisotopic (exact) mass is 296 g/mol. The normalized spacial score (nSPS) is 22.8. The summed E-state index contributed by atoms with van der Waals surface area (Å²) < 4.78 is 18.0. The summed E-state index contributed by atoms with van der Waals surface area (Å²) in [5.41, 5.74) is -0.544. The number of hydrogen-bond acceptors (Lipinski definition) is 4. The number of halogens is 1. The van der Waals surface area contributed by atoms with Crippen molar-refractivity contribution < 1.29 is 19.0 Å². The van der Waals surface area contributed by atoms with Crippen LogP contribution in [0.2, 0.25) is 0 Å². The van der Waals surface area contributed by atoms with E-state index >= 15 is 0 Å². The molecule has 0 saturated carbocycles. The molecule has 1 fully saturated rings. The van der Waals surface area contributed by atoms with E-state index in [2.05, 4.69) is 10.6 Å². The van der Waals surface area contributed by atoms with Crippen LogP contribution in [0, 0.1) is 5.82 Å². The average molecular weight is 296 g/mol. The topological polar surface area (TPSA) is 70.6 Å². The molecule has 1 saturated heterocycles. The summed E-state index contributed by atoms with van der Waals surface area (Å²) in [5.74, 6) is 0.0273. The Morgan fingerprint density at radius 3 is 2.86 bits per heavy atom. The molecular weight excluding hydrogens is 275 g/mol. The Morgan fingerprint density at radius 2 is 2.24 bits per heavy atom. The molecular formula is C15H21FN2O3. The average Bonchev–Trinajstić information content (AvgIpc) is 2.92. The highest BCUT2D eigenvalue weighted by molar-refractivity contribution is 5.86. The van der Waals surface area contributed by atoms with Crippen molar-refractivity contribution in [2.75, 3.05) is 19.7 Å². The predicted octanol–water partition coefficient (Wildman–Crippen LogP) is 0.824. The van der Waals surface area contributed by atoms with Crippen molar-refractivity contribution in [3.05, 3.63) is 30.1 Å². The van der Waals surface area contributed by atoms with E-state index in [1.54, 1.807) is 0 Å².